The maximum Gasteiger partial charge on any atom is 0.336 e. The van der Waals surface area contributed by atoms with Crippen molar-refractivity contribution in [3.63, 3.8) is 0 Å². The molecule has 146 valence electrons. The molecule has 0 aromatic heterocycles. The normalized spacial score (nSPS) is 15.8. The van der Waals surface area contributed by atoms with Crippen LogP contribution in [0.15, 0.2) is 34.9 Å². The van der Waals surface area contributed by atoms with Gasteiger partial charge in [-0.1, -0.05) is 34.9 Å². The lowest BCUT2D eigenvalue weighted by molar-refractivity contribution is 0.363. The van der Waals surface area contributed by atoms with Gasteiger partial charge in [0.1, 0.15) is 5.90 Å². The molecule has 0 aliphatic heterocycles. The van der Waals surface area contributed by atoms with Gasteiger partial charge in [-0.25, -0.2) is 5.09 Å². The molecule has 1 atom stereocenters. The van der Waals surface area contributed by atoms with Crippen molar-refractivity contribution in [2.45, 2.75) is 53.4 Å². The van der Waals surface area contributed by atoms with E-state index in [0.29, 0.717) is 0 Å². The van der Waals surface area contributed by atoms with Crippen LogP contribution in [0.1, 0.15) is 53.4 Å². The third-order valence-corrected chi connectivity index (χ3v) is 7.79. The highest BCUT2D eigenvalue weighted by molar-refractivity contribution is 7.72. The van der Waals surface area contributed by atoms with Gasteiger partial charge in [0.15, 0.2) is 0 Å². The minimum Gasteiger partial charge on any atom is -0.324 e. The average Bonchev–Trinajstić information content (AvgIpc) is 2.45. The topological polar surface area (TPSA) is 95.9 Å². The SMILES string of the molecule is COP(=O)(CP(=O)(O)O)NC/C=C(\C)CC/C=C(\C)CCC=C(C)C. The zero-order valence-electron chi connectivity index (χ0n) is 16.0. The Hall–Kier alpha value is -0.480. The summed E-state index contributed by atoms with van der Waals surface area (Å²) in [6, 6.07) is 0. The van der Waals surface area contributed by atoms with Crippen molar-refractivity contribution in [1.29, 1.82) is 0 Å². The van der Waals surface area contributed by atoms with E-state index in [1.54, 1.807) is 0 Å². The number of rotatable bonds is 12. The maximum absolute atomic E-state index is 12.2. The Morgan fingerprint density at radius 1 is 0.960 bits per heavy atom. The van der Waals surface area contributed by atoms with Crippen molar-refractivity contribution >= 4 is 15.1 Å². The Kier molecular flexibility index (Phi) is 11.8. The van der Waals surface area contributed by atoms with Gasteiger partial charge >= 0.3 is 7.60 Å². The lowest BCUT2D eigenvalue weighted by Gasteiger charge is -2.17. The van der Waals surface area contributed by atoms with E-state index in [1.165, 1.54) is 18.3 Å². The quantitative estimate of drug-likeness (QED) is 0.320. The highest BCUT2D eigenvalue weighted by atomic mass is 31.2. The van der Waals surface area contributed by atoms with Crippen LogP contribution in [0.3, 0.4) is 0 Å². The predicted molar refractivity (Wildman–Crippen MR) is 105 cm³/mol. The second-order valence-electron chi connectivity index (χ2n) is 6.48. The number of hydrogen-bond acceptors (Lipinski definition) is 3. The summed E-state index contributed by atoms with van der Waals surface area (Å²) < 4.78 is 27.9. The molecule has 0 radical (unpaired) electrons. The molecule has 0 spiro atoms. The first-order valence-corrected chi connectivity index (χ1v) is 12.0. The third kappa shape index (κ3) is 14.4. The minimum atomic E-state index is -4.40. The molecule has 0 saturated heterocycles. The van der Waals surface area contributed by atoms with Gasteiger partial charge in [0.05, 0.1) is 0 Å². The van der Waals surface area contributed by atoms with Crippen LogP contribution in [0.5, 0.6) is 0 Å². The molecule has 0 aromatic carbocycles. The monoisotopic (exact) mass is 393 g/mol. The molecule has 0 saturated carbocycles. The molecule has 0 rings (SSSR count). The summed E-state index contributed by atoms with van der Waals surface area (Å²) in [6.45, 7) is 8.57. The highest BCUT2D eigenvalue weighted by Gasteiger charge is 2.31. The van der Waals surface area contributed by atoms with Gasteiger partial charge in [-0.15, -0.1) is 0 Å². The molecule has 0 aliphatic carbocycles. The second-order valence-corrected chi connectivity index (χ2v) is 11.0. The number of allylic oxidation sites excluding steroid dienone is 5. The molecule has 3 N–H and O–H groups in total. The number of nitrogens with one attached hydrogen (secondary N) is 1. The average molecular weight is 393 g/mol. The number of hydrogen-bond donors (Lipinski definition) is 3. The molecule has 0 aromatic rings. The Morgan fingerprint density at radius 3 is 1.96 bits per heavy atom. The van der Waals surface area contributed by atoms with Crippen LogP contribution in [-0.2, 0) is 13.7 Å². The fourth-order valence-electron chi connectivity index (χ4n) is 2.11. The van der Waals surface area contributed by atoms with E-state index < -0.39 is 21.0 Å². The lowest BCUT2D eigenvalue weighted by Crippen LogP contribution is -2.14. The first kappa shape index (κ1) is 24.5. The summed E-state index contributed by atoms with van der Waals surface area (Å²) in [4.78, 5) is 17.9. The van der Waals surface area contributed by atoms with E-state index in [9.17, 15) is 9.13 Å². The zero-order valence-corrected chi connectivity index (χ0v) is 17.8. The summed E-state index contributed by atoms with van der Waals surface area (Å²) in [5, 5.41) is 2.61. The van der Waals surface area contributed by atoms with E-state index in [0.717, 1.165) is 31.3 Å². The summed E-state index contributed by atoms with van der Waals surface area (Å²) in [6.07, 6.45) is 10.3. The molecule has 0 amide bonds. The van der Waals surface area contributed by atoms with Gasteiger partial charge in [0.25, 0.3) is 7.52 Å². The Bertz CT molecular complexity index is 586. The van der Waals surface area contributed by atoms with Gasteiger partial charge < -0.3 is 14.3 Å². The smallest absolute Gasteiger partial charge is 0.324 e. The molecular formula is C17H33NO5P2. The largest absolute Gasteiger partial charge is 0.336 e. The molecule has 0 aliphatic rings. The van der Waals surface area contributed by atoms with Crippen LogP contribution < -0.4 is 5.09 Å². The predicted octanol–water partition coefficient (Wildman–Crippen LogP) is 4.97. The molecule has 1 unspecified atom stereocenters. The first-order valence-electron chi connectivity index (χ1n) is 8.36. The van der Waals surface area contributed by atoms with E-state index in [-0.39, 0.29) is 6.54 Å². The van der Waals surface area contributed by atoms with Crippen LogP contribution in [0.4, 0.5) is 0 Å². The Labute approximate surface area is 152 Å². The van der Waals surface area contributed by atoms with E-state index in [4.69, 9.17) is 14.3 Å². The molecule has 8 heteroatoms. The first-order chi connectivity index (χ1) is 11.5. The lowest BCUT2D eigenvalue weighted by atomic mass is 10.1. The fraction of sp³-hybridized carbons (Fsp3) is 0.647. The van der Waals surface area contributed by atoms with E-state index in [2.05, 4.69) is 38.0 Å². The minimum absolute atomic E-state index is 0.250. The van der Waals surface area contributed by atoms with Gasteiger partial charge in [0.2, 0.25) is 0 Å². The summed E-state index contributed by atoms with van der Waals surface area (Å²) >= 11 is 0. The Morgan fingerprint density at radius 2 is 1.48 bits per heavy atom. The van der Waals surface area contributed by atoms with Gasteiger partial charge in [-0.05, 0) is 53.4 Å². The van der Waals surface area contributed by atoms with Crippen LogP contribution in [0.2, 0.25) is 0 Å². The third-order valence-electron chi connectivity index (χ3n) is 3.57. The van der Waals surface area contributed by atoms with E-state index in [1.807, 2.05) is 13.0 Å². The van der Waals surface area contributed by atoms with Crippen molar-refractivity contribution in [3.05, 3.63) is 34.9 Å². The summed E-state index contributed by atoms with van der Waals surface area (Å²) in [5.41, 5.74) is 3.83. The zero-order chi connectivity index (χ0) is 19.5. The summed E-state index contributed by atoms with van der Waals surface area (Å²) in [7, 11) is -6.73. The molecule has 0 bridgehead atoms. The fourth-order valence-corrected chi connectivity index (χ4v) is 5.41. The van der Waals surface area contributed by atoms with Crippen LogP contribution in [-0.4, -0.2) is 29.3 Å². The van der Waals surface area contributed by atoms with Crippen molar-refractivity contribution < 1.29 is 23.4 Å². The summed E-state index contributed by atoms with van der Waals surface area (Å²) in [5.74, 6) is -0.795. The van der Waals surface area contributed by atoms with Crippen molar-refractivity contribution in [2.75, 3.05) is 19.6 Å². The van der Waals surface area contributed by atoms with Crippen molar-refractivity contribution in [1.82, 2.24) is 5.09 Å². The van der Waals surface area contributed by atoms with Crippen molar-refractivity contribution in [2.24, 2.45) is 0 Å². The van der Waals surface area contributed by atoms with Gasteiger partial charge in [0, 0.05) is 13.7 Å². The molecule has 6 nitrogen and oxygen atoms in total. The van der Waals surface area contributed by atoms with E-state index >= 15 is 0 Å². The van der Waals surface area contributed by atoms with Crippen LogP contribution >= 0.6 is 15.1 Å². The second kappa shape index (κ2) is 12.0. The maximum atomic E-state index is 12.2. The van der Waals surface area contributed by atoms with Crippen LogP contribution in [0, 0.1) is 0 Å². The van der Waals surface area contributed by atoms with Gasteiger partial charge in [-0.3, -0.25) is 9.13 Å². The highest BCUT2D eigenvalue weighted by Crippen LogP contribution is 2.54. The van der Waals surface area contributed by atoms with Crippen LogP contribution in [0.25, 0.3) is 0 Å². The Balaban J connectivity index is 4.31. The molecule has 0 fully saturated rings. The standard InChI is InChI=1S/C17H33NO5P2/c1-15(2)8-6-9-16(3)10-7-11-17(4)12-13-18-24(19,23-5)14-25(20,21)22/h8,10,12H,6-7,9,11,13-14H2,1-5H3,(H,18,19)(H2,20,21,22)/b16-10+,17-12+. The molecule has 25 heavy (non-hydrogen) atoms. The van der Waals surface area contributed by atoms with Crippen molar-refractivity contribution in [3.8, 4) is 0 Å². The van der Waals surface area contributed by atoms with Gasteiger partial charge in [-0.2, -0.15) is 0 Å². The molecule has 0 heterocycles. The molecular weight excluding hydrogens is 360 g/mol.